The highest BCUT2D eigenvalue weighted by Crippen LogP contribution is 2.36. The van der Waals surface area contributed by atoms with E-state index in [1.807, 2.05) is 0 Å². The van der Waals surface area contributed by atoms with E-state index < -0.39 is 0 Å². The molecule has 4 heteroatoms. The number of amides is 1. The number of rotatable bonds is 4. The van der Waals surface area contributed by atoms with Gasteiger partial charge in [0.25, 0.3) is 0 Å². The molecule has 2 heterocycles. The van der Waals surface area contributed by atoms with E-state index in [1.54, 1.807) is 0 Å². The van der Waals surface area contributed by atoms with Crippen LogP contribution in [0, 0.1) is 11.3 Å². The first-order valence-electron chi connectivity index (χ1n) is 9.13. The van der Waals surface area contributed by atoms with Crippen molar-refractivity contribution in [3.63, 3.8) is 0 Å². The number of hydrogen-bond acceptors (Lipinski definition) is 2. The SMILES string of the molecule is CC(C)Cc1ccc(CC(=O)N2CCC3(CCNC3)CC2)cc1.Cl. The Hall–Kier alpha value is -1.06. The zero-order valence-electron chi connectivity index (χ0n) is 15.0. The third-order valence-electron chi connectivity index (χ3n) is 5.53. The van der Waals surface area contributed by atoms with Crippen molar-refractivity contribution in [3.8, 4) is 0 Å². The molecule has 0 saturated carbocycles. The summed E-state index contributed by atoms with van der Waals surface area (Å²) in [5, 5.41) is 3.48. The number of likely N-dealkylation sites (tertiary alicyclic amines) is 1. The highest BCUT2D eigenvalue weighted by Gasteiger charge is 2.37. The van der Waals surface area contributed by atoms with Gasteiger partial charge >= 0.3 is 0 Å². The van der Waals surface area contributed by atoms with Crippen molar-refractivity contribution in [2.45, 2.75) is 46.0 Å². The average molecular weight is 351 g/mol. The lowest BCUT2D eigenvalue weighted by molar-refractivity contribution is -0.132. The summed E-state index contributed by atoms with van der Waals surface area (Å²) in [5.74, 6) is 0.968. The first-order valence-corrected chi connectivity index (χ1v) is 9.13. The molecule has 0 aromatic heterocycles. The van der Waals surface area contributed by atoms with Gasteiger partial charge in [0.1, 0.15) is 0 Å². The molecule has 0 bridgehead atoms. The second kappa shape index (κ2) is 8.35. The second-order valence-electron chi connectivity index (χ2n) is 7.90. The Morgan fingerprint density at radius 1 is 1.12 bits per heavy atom. The maximum Gasteiger partial charge on any atom is 0.226 e. The summed E-state index contributed by atoms with van der Waals surface area (Å²) in [5.41, 5.74) is 2.99. The molecule has 0 atom stereocenters. The Kier molecular flexibility index (Phi) is 6.70. The predicted molar refractivity (Wildman–Crippen MR) is 102 cm³/mol. The van der Waals surface area contributed by atoms with Crippen LogP contribution < -0.4 is 5.32 Å². The van der Waals surface area contributed by atoms with Crippen LogP contribution in [0.1, 0.15) is 44.2 Å². The van der Waals surface area contributed by atoms with Gasteiger partial charge in [0.05, 0.1) is 6.42 Å². The Morgan fingerprint density at radius 2 is 1.75 bits per heavy atom. The molecule has 24 heavy (non-hydrogen) atoms. The zero-order valence-corrected chi connectivity index (χ0v) is 15.8. The Labute approximate surface area is 152 Å². The van der Waals surface area contributed by atoms with Crippen LogP contribution in [0.5, 0.6) is 0 Å². The quantitative estimate of drug-likeness (QED) is 0.902. The molecule has 2 aliphatic heterocycles. The third-order valence-corrected chi connectivity index (χ3v) is 5.53. The molecular weight excluding hydrogens is 320 g/mol. The Balaban J connectivity index is 0.00000208. The number of halogens is 1. The normalized spacial score (nSPS) is 19.5. The fraction of sp³-hybridized carbons (Fsp3) is 0.650. The molecule has 1 amide bonds. The topological polar surface area (TPSA) is 32.3 Å². The number of nitrogens with one attached hydrogen (secondary N) is 1. The van der Waals surface area contributed by atoms with Crippen LogP contribution >= 0.6 is 12.4 Å². The minimum absolute atomic E-state index is 0. The molecule has 2 fully saturated rings. The smallest absolute Gasteiger partial charge is 0.226 e. The monoisotopic (exact) mass is 350 g/mol. The molecule has 1 spiro atoms. The molecule has 1 aromatic carbocycles. The van der Waals surface area contributed by atoms with E-state index in [0.717, 1.165) is 38.2 Å². The van der Waals surface area contributed by atoms with Crippen LogP contribution in [0.2, 0.25) is 0 Å². The lowest BCUT2D eigenvalue weighted by atomic mass is 9.78. The highest BCUT2D eigenvalue weighted by molar-refractivity contribution is 5.85. The minimum Gasteiger partial charge on any atom is -0.342 e. The van der Waals surface area contributed by atoms with Crippen molar-refractivity contribution < 1.29 is 4.79 Å². The van der Waals surface area contributed by atoms with E-state index >= 15 is 0 Å². The van der Waals surface area contributed by atoms with Crippen molar-refractivity contribution in [3.05, 3.63) is 35.4 Å². The summed E-state index contributed by atoms with van der Waals surface area (Å²) >= 11 is 0. The number of hydrogen-bond donors (Lipinski definition) is 1. The maximum absolute atomic E-state index is 12.5. The molecule has 0 radical (unpaired) electrons. The standard InChI is InChI=1S/C20H30N2O.ClH/c1-16(2)13-17-3-5-18(6-4-17)14-19(23)22-11-8-20(9-12-22)7-10-21-15-20;/h3-6,16,21H,7-15H2,1-2H3;1H. The molecular formula is C20H31ClN2O. The minimum atomic E-state index is 0. The molecule has 3 rings (SSSR count). The van der Waals surface area contributed by atoms with Gasteiger partial charge in [-0.15, -0.1) is 12.4 Å². The Bertz CT molecular complexity index is 525. The first-order chi connectivity index (χ1) is 11.1. The van der Waals surface area contributed by atoms with Crippen LogP contribution in [0.15, 0.2) is 24.3 Å². The van der Waals surface area contributed by atoms with Crippen LogP contribution in [-0.4, -0.2) is 37.0 Å². The molecule has 0 aliphatic carbocycles. The van der Waals surface area contributed by atoms with E-state index in [1.165, 1.54) is 24.8 Å². The fourth-order valence-corrected chi connectivity index (χ4v) is 4.00. The van der Waals surface area contributed by atoms with E-state index in [-0.39, 0.29) is 12.4 Å². The van der Waals surface area contributed by atoms with Crippen LogP contribution in [-0.2, 0) is 17.6 Å². The van der Waals surface area contributed by atoms with E-state index in [0.29, 0.717) is 23.7 Å². The molecule has 2 aliphatic rings. The van der Waals surface area contributed by atoms with Gasteiger partial charge in [0.2, 0.25) is 5.91 Å². The molecule has 1 N–H and O–H groups in total. The summed E-state index contributed by atoms with van der Waals surface area (Å²) in [6.07, 6.45) is 5.27. The third kappa shape index (κ3) is 4.73. The van der Waals surface area contributed by atoms with Gasteiger partial charge in [0, 0.05) is 19.6 Å². The summed E-state index contributed by atoms with van der Waals surface area (Å²) < 4.78 is 0. The van der Waals surface area contributed by atoms with Gasteiger partial charge < -0.3 is 10.2 Å². The number of nitrogens with zero attached hydrogens (tertiary/aromatic N) is 1. The van der Waals surface area contributed by atoms with Crippen molar-refractivity contribution in [1.29, 1.82) is 0 Å². The molecule has 134 valence electrons. The van der Waals surface area contributed by atoms with E-state index in [9.17, 15) is 4.79 Å². The fourth-order valence-electron chi connectivity index (χ4n) is 4.00. The second-order valence-corrected chi connectivity index (χ2v) is 7.90. The molecule has 0 unspecified atom stereocenters. The molecule has 3 nitrogen and oxygen atoms in total. The summed E-state index contributed by atoms with van der Waals surface area (Å²) in [6, 6.07) is 8.61. The van der Waals surface area contributed by atoms with Gasteiger partial charge in [-0.2, -0.15) is 0 Å². The lowest BCUT2D eigenvalue weighted by Gasteiger charge is -2.39. The average Bonchev–Trinajstić information content (AvgIpc) is 2.97. The summed E-state index contributed by atoms with van der Waals surface area (Å²) in [6.45, 7) is 8.64. The van der Waals surface area contributed by atoms with Gasteiger partial charge in [-0.1, -0.05) is 38.1 Å². The molecule has 1 aromatic rings. The summed E-state index contributed by atoms with van der Waals surface area (Å²) in [4.78, 5) is 14.6. The number of benzene rings is 1. The van der Waals surface area contributed by atoms with Crippen molar-refractivity contribution >= 4 is 18.3 Å². The van der Waals surface area contributed by atoms with Gasteiger partial charge in [-0.25, -0.2) is 0 Å². The largest absolute Gasteiger partial charge is 0.342 e. The van der Waals surface area contributed by atoms with Crippen molar-refractivity contribution in [2.24, 2.45) is 11.3 Å². The number of carbonyl (C=O) groups excluding carboxylic acids is 1. The van der Waals surface area contributed by atoms with Gasteiger partial charge in [-0.05, 0) is 54.7 Å². The van der Waals surface area contributed by atoms with E-state index in [2.05, 4.69) is 48.3 Å². The van der Waals surface area contributed by atoms with Crippen LogP contribution in [0.25, 0.3) is 0 Å². The van der Waals surface area contributed by atoms with Gasteiger partial charge in [-0.3, -0.25) is 4.79 Å². The predicted octanol–water partition coefficient (Wildman–Crippen LogP) is 3.45. The van der Waals surface area contributed by atoms with Crippen LogP contribution in [0.4, 0.5) is 0 Å². The van der Waals surface area contributed by atoms with E-state index in [4.69, 9.17) is 0 Å². The number of piperidine rings is 1. The first kappa shape index (κ1) is 19.3. The van der Waals surface area contributed by atoms with Crippen molar-refractivity contribution in [2.75, 3.05) is 26.2 Å². The lowest BCUT2D eigenvalue weighted by Crippen LogP contribution is -2.44. The number of carbonyl (C=O) groups is 1. The summed E-state index contributed by atoms with van der Waals surface area (Å²) in [7, 11) is 0. The Morgan fingerprint density at radius 3 is 2.29 bits per heavy atom. The highest BCUT2D eigenvalue weighted by atomic mass is 35.5. The maximum atomic E-state index is 12.5. The van der Waals surface area contributed by atoms with Gasteiger partial charge in [0.15, 0.2) is 0 Å². The molecule has 2 saturated heterocycles. The van der Waals surface area contributed by atoms with Crippen LogP contribution in [0.3, 0.4) is 0 Å². The zero-order chi connectivity index (χ0) is 16.3. The van der Waals surface area contributed by atoms with Crippen molar-refractivity contribution in [1.82, 2.24) is 10.2 Å².